The zero-order valence-corrected chi connectivity index (χ0v) is 9.42. The first-order valence-electron chi connectivity index (χ1n) is 5.13. The number of carbonyl (C=O) groups is 1. The molecule has 0 spiro atoms. The summed E-state index contributed by atoms with van der Waals surface area (Å²) in [7, 11) is 1.44. The largest absolute Gasteiger partial charge is 0.464 e. The number of methoxy groups -OCH3 is 1. The van der Waals surface area contributed by atoms with Crippen molar-refractivity contribution in [2.45, 2.75) is 19.1 Å². The number of esters is 1. The van der Waals surface area contributed by atoms with Crippen molar-refractivity contribution in [2.24, 2.45) is 0 Å². The zero-order chi connectivity index (χ0) is 12.0. The fraction of sp³-hybridized carbons (Fsp3) is 0.417. The third kappa shape index (κ3) is 3.05. The number of carbonyl (C=O) groups excluding carboxylic acids is 1. The van der Waals surface area contributed by atoms with Gasteiger partial charge in [-0.2, -0.15) is 0 Å². The predicted molar refractivity (Wildman–Crippen MR) is 58.8 cm³/mol. The number of hydrogen-bond donors (Lipinski definition) is 1. The van der Waals surface area contributed by atoms with Crippen LogP contribution in [0.1, 0.15) is 18.6 Å². The molecule has 4 nitrogen and oxygen atoms in total. The molecule has 0 heterocycles. The Labute approximate surface area is 94.8 Å². The summed E-state index contributed by atoms with van der Waals surface area (Å²) in [5.41, 5.74) is 0.741. The number of rotatable bonds is 5. The highest BCUT2D eigenvalue weighted by Gasteiger charge is 2.28. The van der Waals surface area contributed by atoms with Crippen LogP contribution in [0.25, 0.3) is 0 Å². The van der Waals surface area contributed by atoms with Crippen molar-refractivity contribution >= 4 is 5.97 Å². The summed E-state index contributed by atoms with van der Waals surface area (Å²) < 4.78 is 9.85. The lowest BCUT2D eigenvalue weighted by Crippen LogP contribution is -2.31. The summed E-state index contributed by atoms with van der Waals surface area (Å²) in [5.74, 6) is -0.668. The molecule has 2 atom stereocenters. The van der Waals surface area contributed by atoms with E-state index in [2.05, 4.69) is 0 Å². The average Bonchev–Trinajstić information content (AvgIpc) is 2.31. The molecule has 88 valence electrons. The fourth-order valence-corrected chi connectivity index (χ4v) is 1.44. The van der Waals surface area contributed by atoms with E-state index in [0.29, 0.717) is 0 Å². The third-order valence-electron chi connectivity index (χ3n) is 2.20. The smallest absolute Gasteiger partial charge is 0.338 e. The van der Waals surface area contributed by atoms with Gasteiger partial charge in [0.15, 0.2) is 6.10 Å². The minimum Gasteiger partial charge on any atom is -0.464 e. The first-order valence-corrected chi connectivity index (χ1v) is 5.13. The van der Waals surface area contributed by atoms with Crippen molar-refractivity contribution in [3.05, 3.63) is 35.9 Å². The van der Waals surface area contributed by atoms with Gasteiger partial charge in [-0.05, 0) is 12.5 Å². The Morgan fingerprint density at radius 1 is 1.38 bits per heavy atom. The molecule has 0 aromatic heterocycles. The van der Waals surface area contributed by atoms with Crippen LogP contribution in [0.2, 0.25) is 0 Å². The molecule has 0 saturated carbocycles. The van der Waals surface area contributed by atoms with Crippen molar-refractivity contribution in [1.29, 1.82) is 0 Å². The van der Waals surface area contributed by atoms with E-state index in [4.69, 9.17) is 9.47 Å². The van der Waals surface area contributed by atoms with E-state index in [9.17, 15) is 9.90 Å². The van der Waals surface area contributed by atoms with Crippen molar-refractivity contribution in [1.82, 2.24) is 0 Å². The number of ether oxygens (including phenoxy) is 2. The predicted octanol–water partition coefficient (Wildman–Crippen LogP) is 1.30. The molecule has 1 rings (SSSR count). The highest BCUT2D eigenvalue weighted by Crippen LogP contribution is 2.21. The first kappa shape index (κ1) is 12.7. The molecular formula is C12H16O4. The minimum absolute atomic E-state index is 0.237. The van der Waals surface area contributed by atoms with Gasteiger partial charge in [0.2, 0.25) is 0 Å². The van der Waals surface area contributed by atoms with Crippen molar-refractivity contribution in [2.75, 3.05) is 13.7 Å². The summed E-state index contributed by atoms with van der Waals surface area (Å²) in [6.07, 6.45) is -1.99. The summed E-state index contributed by atoms with van der Waals surface area (Å²) in [6.45, 7) is 1.93. The van der Waals surface area contributed by atoms with E-state index in [0.717, 1.165) is 5.56 Å². The van der Waals surface area contributed by atoms with Crippen LogP contribution in [-0.2, 0) is 14.3 Å². The summed E-state index contributed by atoms with van der Waals surface area (Å²) >= 11 is 0. The maximum atomic E-state index is 11.4. The second-order valence-corrected chi connectivity index (χ2v) is 3.26. The van der Waals surface area contributed by atoms with E-state index < -0.39 is 18.2 Å². The third-order valence-corrected chi connectivity index (χ3v) is 2.20. The van der Waals surface area contributed by atoms with Gasteiger partial charge in [0, 0.05) is 7.11 Å². The van der Waals surface area contributed by atoms with Crippen LogP contribution in [0.4, 0.5) is 0 Å². The Hall–Kier alpha value is -1.39. The molecular weight excluding hydrogens is 208 g/mol. The van der Waals surface area contributed by atoms with Crippen molar-refractivity contribution in [3.63, 3.8) is 0 Å². The SMILES string of the molecule is CCOC(=O)C(O)[C@H](OC)c1ccccc1. The quantitative estimate of drug-likeness (QED) is 0.766. The molecule has 1 unspecified atom stereocenters. The van der Waals surface area contributed by atoms with Gasteiger partial charge in [0.25, 0.3) is 0 Å². The van der Waals surface area contributed by atoms with Crippen LogP contribution in [0, 0.1) is 0 Å². The lowest BCUT2D eigenvalue weighted by Gasteiger charge is -2.20. The molecule has 0 fully saturated rings. The summed E-state index contributed by atoms with van der Waals surface area (Å²) in [4.78, 5) is 11.4. The van der Waals surface area contributed by atoms with Gasteiger partial charge in [0.1, 0.15) is 6.10 Å². The van der Waals surface area contributed by atoms with Gasteiger partial charge in [0.05, 0.1) is 6.61 Å². The molecule has 16 heavy (non-hydrogen) atoms. The van der Waals surface area contributed by atoms with Crippen molar-refractivity contribution < 1.29 is 19.4 Å². The maximum Gasteiger partial charge on any atom is 0.338 e. The van der Waals surface area contributed by atoms with Crippen LogP contribution < -0.4 is 0 Å². The van der Waals surface area contributed by atoms with Gasteiger partial charge in [-0.15, -0.1) is 0 Å². The van der Waals surface area contributed by atoms with E-state index in [1.54, 1.807) is 19.1 Å². The zero-order valence-electron chi connectivity index (χ0n) is 9.42. The van der Waals surface area contributed by atoms with E-state index >= 15 is 0 Å². The van der Waals surface area contributed by atoms with E-state index in [-0.39, 0.29) is 6.61 Å². The fourth-order valence-electron chi connectivity index (χ4n) is 1.44. The first-order chi connectivity index (χ1) is 7.70. The molecule has 1 aromatic carbocycles. The van der Waals surface area contributed by atoms with Crippen molar-refractivity contribution in [3.8, 4) is 0 Å². The molecule has 0 aliphatic heterocycles. The standard InChI is InChI=1S/C12H16O4/c1-3-16-12(14)10(13)11(15-2)9-7-5-4-6-8-9/h4-8,10-11,13H,3H2,1-2H3/t10?,11-/m1/s1. The summed E-state index contributed by atoms with van der Waals surface area (Å²) in [5, 5.41) is 9.76. The second kappa shape index (κ2) is 6.25. The minimum atomic E-state index is -1.30. The van der Waals surface area contributed by atoms with Gasteiger partial charge in [-0.25, -0.2) is 4.79 Å². The Bertz CT molecular complexity index is 323. The molecule has 0 aliphatic rings. The van der Waals surface area contributed by atoms with Crippen LogP contribution in [0.15, 0.2) is 30.3 Å². The normalized spacial score (nSPS) is 14.2. The number of hydrogen-bond acceptors (Lipinski definition) is 4. The lowest BCUT2D eigenvalue weighted by atomic mass is 10.0. The molecule has 0 amide bonds. The van der Waals surface area contributed by atoms with Gasteiger partial charge >= 0.3 is 5.97 Å². The number of aliphatic hydroxyl groups excluding tert-OH is 1. The Balaban J connectivity index is 2.78. The van der Waals surface area contributed by atoms with Crippen LogP contribution in [0.3, 0.4) is 0 Å². The number of benzene rings is 1. The molecule has 0 saturated heterocycles. The highest BCUT2D eigenvalue weighted by molar-refractivity contribution is 5.75. The lowest BCUT2D eigenvalue weighted by molar-refractivity contribution is -0.161. The van der Waals surface area contributed by atoms with Crippen LogP contribution in [-0.4, -0.2) is 30.9 Å². The van der Waals surface area contributed by atoms with Crippen LogP contribution in [0.5, 0.6) is 0 Å². The molecule has 1 N–H and O–H groups in total. The molecule has 0 aliphatic carbocycles. The summed E-state index contributed by atoms with van der Waals surface area (Å²) in [6, 6.07) is 9.07. The molecule has 4 heteroatoms. The molecule has 0 radical (unpaired) electrons. The Kier molecular flexibility index (Phi) is 4.95. The maximum absolute atomic E-state index is 11.4. The Morgan fingerprint density at radius 3 is 2.50 bits per heavy atom. The monoisotopic (exact) mass is 224 g/mol. The van der Waals surface area contributed by atoms with Gasteiger partial charge in [-0.1, -0.05) is 30.3 Å². The van der Waals surface area contributed by atoms with Gasteiger partial charge < -0.3 is 14.6 Å². The second-order valence-electron chi connectivity index (χ2n) is 3.26. The highest BCUT2D eigenvalue weighted by atomic mass is 16.6. The van der Waals surface area contributed by atoms with E-state index in [1.165, 1.54) is 7.11 Å². The topological polar surface area (TPSA) is 55.8 Å². The van der Waals surface area contributed by atoms with Crippen LogP contribution >= 0.6 is 0 Å². The average molecular weight is 224 g/mol. The van der Waals surface area contributed by atoms with E-state index in [1.807, 2.05) is 18.2 Å². The van der Waals surface area contributed by atoms with Gasteiger partial charge in [-0.3, -0.25) is 0 Å². The molecule has 1 aromatic rings. The Morgan fingerprint density at radius 2 is 2.00 bits per heavy atom. The molecule has 0 bridgehead atoms. The number of aliphatic hydroxyl groups is 1.